The summed E-state index contributed by atoms with van der Waals surface area (Å²) in [5.74, 6) is 1.25. The largest absolute Gasteiger partial charge is 0.497 e. The summed E-state index contributed by atoms with van der Waals surface area (Å²) in [6.07, 6.45) is 0.693. The van der Waals surface area contributed by atoms with E-state index >= 15 is 0 Å². The molecular weight excluding hydrogens is 466 g/mol. The molecule has 2 amide bonds. The van der Waals surface area contributed by atoms with Crippen molar-refractivity contribution in [3.63, 3.8) is 0 Å². The molecule has 1 aliphatic heterocycles. The Morgan fingerprint density at radius 3 is 2.38 bits per heavy atom. The molecule has 0 radical (unpaired) electrons. The molecule has 1 atom stereocenters. The van der Waals surface area contributed by atoms with E-state index in [1.54, 1.807) is 12.0 Å². The van der Waals surface area contributed by atoms with Gasteiger partial charge in [-0.2, -0.15) is 0 Å². The molecule has 7 nitrogen and oxygen atoms in total. The minimum Gasteiger partial charge on any atom is -0.497 e. The van der Waals surface area contributed by atoms with Gasteiger partial charge in [0.15, 0.2) is 0 Å². The summed E-state index contributed by atoms with van der Waals surface area (Å²) >= 11 is 0. The fourth-order valence-electron chi connectivity index (χ4n) is 5.14. The molecule has 0 fully saturated rings. The first-order valence-electron chi connectivity index (χ1n) is 12.5. The number of para-hydroxylation sites is 1. The molecule has 0 unspecified atom stereocenters. The number of aromatic nitrogens is 1. The van der Waals surface area contributed by atoms with Crippen molar-refractivity contribution in [3.8, 4) is 11.5 Å². The molecule has 3 aromatic carbocycles. The quantitative estimate of drug-likeness (QED) is 0.370. The summed E-state index contributed by atoms with van der Waals surface area (Å²) in [5, 5.41) is 4.01. The number of aryl methyl sites for hydroxylation is 1. The van der Waals surface area contributed by atoms with E-state index < -0.39 is 0 Å². The lowest BCUT2D eigenvalue weighted by Crippen LogP contribution is -2.40. The molecule has 190 valence electrons. The molecule has 1 N–H and O–H groups in total. The third-order valence-electron chi connectivity index (χ3n) is 6.91. The monoisotopic (exact) mass is 497 g/mol. The van der Waals surface area contributed by atoms with Crippen LogP contribution in [-0.2, 0) is 18.3 Å². The van der Waals surface area contributed by atoms with Crippen molar-refractivity contribution >= 4 is 22.7 Å². The van der Waals surface area contributed by atoms with E-state index in [1.165, 1.54) is 0 Å². The van der Waals surface area contributed by atoms with Gasteiger partial charge in [-0.15, -0.1) is 0 Å². The molecule has 0 saturated heterocycles. The van der Waals surface area contributed by atoms with Crippen LogP contribution in [0.5, 0.6) is 11.5 Å². The van der Waals surface area contributed by atoms with Gasteiger partial charge in [0, 0.05) is 30.1 Å². The molecule has 0 aliphatic carbocycles. The molecule has 0 bridgehead atoms. The predicted molar refractivity (Wildman–Crippen MR) is 143 cm³/mol. The highest BCUT2D eigenvalue weighted by Crippen LogP contribution is 2.43. The van der Waals surface area contributed by atoms with Crippen LogP contribution in [0.4, 0.5) is 0 Å². The Hall–Kier alpha value is -4.26. The van der Waals surface area contributed by atoms with Crippen LogP contribution in [0.1, 0.15) is 40.1 Å². The van der Waals surface area contributed by atoms with Crippen LogP contribution in [0.25, 0.3) is 10.9 Å². The Kier molecular flexibility index (Phi) is 6.86. The van der Waals surface area contributed by atoms with Crippen LogP contribution in [0.2, 0.25) is 0 Å². The number of carbonyl (C=O) groups excluding carboxylic acids is 2. The number of methoxy groups -OCH3 is 1. The van der Waals surface area contributed by atoms with Crippen molar-refractivity contribution in [2.45, 2.75) is 19.4 Å². The molecule has 4 aromatic rings. The van der Waals surface area contributed by atoms with E-state index in [9.17, 15) is 9.59 Å². The number of hydrogen-bond donors (Lipinski definition) is 1. The van der Waals surface area contributed by atoms with E-state index in [2.05, 4.69) is 5.32 Å². The second-order valence-electron chi connectivity index (χ2n) is 9.12. The van der Waals surface area contributed by atoms with Gasteiger partial charge in [0.2, 0.25) is 5.91 Å². The number of amides is 2. The summed E-state index contributed by atoms with van der Waals surface area (Å²) in [6, 6.07) is 23.2. The number of carbonyl (C=O) groups is 2. The highest BCUT2D eigenvalue weighted by Gasteiger charge is 2.42. The fourth-order valence-corrected chi connectivity index (χ4v) is 5.14. The maximum absolute atomic E-state index is 13.7. The second-order valence-corrected chi connectivity index (χ2v) is 9.12. The average molecular weight is 498 g/mol. The third kappa shape index (κ3) is 4.65. The zero-order chi connectivity index (χ0) is 25.9. The van der Waals surface area contributed by atoms with Gasteiger partial charge < -0.3 is 24.3 Å². The first kappa shape index (κ1) is 24.4. The number of hydrogen-bond acceptors (Lipinski definition) is 4. The Labute approximate surface area is 216 Å². The van der Waals surface area contributed by atoms with Crippen molar-refractivity contribution in [1.29, 1.82) is 0 Å². The molecule has 2 heterocycles. The van der Waals surface area contributed by atoms with Gasteiger partial charge in [-0.3, -0.25) is 9.59 Å². The third-order valence-corrected chi connectivity index (χ3v) is 6.91. The van der Waals surface area contributed by atoms with Crippen LogP contribution in [0, 0.1) is 0 Å². The van der Waals surface area contributed by atoms with Crippen molar-refractivity contribution in [2.75, 3.05) is 26.8 Å². The normalized spacial score (nSPS) is 14.6. The minimum absolute atomic E-state index is 0.0260. The lowest BCUT2D eigenvalue weighted by molar-refractivity contribution is -0.122. The number of rotatable bonds is 9. The minimum atomic E-state index is -0.364. The number of ether oxygens (including phenoxy) is 2. The first-order chi connectivity index (χ1) is 18.0. The summed E-state index contributed by atoms with van der Waals surface area (Å²) in [5.41, 5.74) is 4.61. The van der Waals surface area contributed by atoms with Crippen LogP contribution in [0.3, 0.4) is 0 Å². The average Bonchev–Trinajstić information content (AvgIpc) is 3.37. The van der Waals surface area contributed by atoms with E-state index in [1.807, 2.05) is 91.3 Å². The lowest BCUT2D eigenvalue weighted by atomic mass is 9.98. The van der Waals surface area contributed by atoms with Crippen LogP contribution in [0.15, 0.2) is 72.8 Å². The number of fused-ring (bicyclic) bond motifs is 3. The van der Waals surface area contributed by atoms with Crippen LogP contribution >= 0.6 is 0 Å². The Morgan fingerprint density at radius 1 is 0.973 bits per heavy atom. The Balaban J connectivity index is 1.36. The summed E-state index contributed by atoms with van der Waals surface area (Å²) in [6.45, 7) is 3.04. The standard InChI is InChI=1S/C30H31N3O4/c1-4-37-23-13-9-20(10-14-23)17-18-31-26(34)19-33-28(21-11-15-22(36-3)16-12-21)27-24-7-5-6-8-25(24)32(2)29(27)30(33)35/h5-16,28H,4,17-19H2,1-3H3,(H,31,34)/t28-/m0/s1. The predicted octanol–water partition coefficient (Wildman–Crippen LogP) is 4.49. The number of nitrogens with zero attached hydrogens (tertiary/aromatic N) is 2. The van der Waals surface area contributed by atoms with E-state index in [0.29, 0.717) is 25.3 Å². The Morgan fingerprint density at radius 2 is 1.68 bits per heavy atom. The zero-order valence-corrected chi connectivity index (χ0v) is 21.4. The zero-order valence-electron chi connectivity index (χ0n) is 21.4. The second kappa shape index (κ2) is 10.4. The van der Waals surface area contributed by atoms with Crippen molar-refractivity contribution < 1.29 is 19.1 Å². The smallest absolute Gasteiger partial charge is 0.272 e. The van der Waals surface area contributed by atoms with Gasteiger partial charge in [0.05, 0.1) is 19.8 Å². The molecular formula is C30H31N3O4. The molecule has 7 heteroatoms. The van der Waals surface area contributed by atoms with Gasteiger partial charge >= 0.3 is 0 Å². The molecule has 0 spiro atoms. The van der Waals surface area contributed by atoms with Gasteiger partial charge in [-0.1, -0.05) is 42.5 Å². The van der Waals surface area contributed by atoms with Gasteiger partial charge in [0.25, 0.3) is 5.91 Å². The highest BCUT2D eigenvalue weighted by atomic mass is 16.5. The van der Waals surface area contributed by atoms with Crippen LogP contribution < -0.4 is 14.8 Å². The number of nitrogens with one attached hydrogen (secondary N) is 1. The molecule has 0 saturated carbocycles. The summed E-state index contributed by atoms with van der Waals surface area (Å²) in [7, 11) is 3.53. The first-order valence-corrected chi connectivity index (χ1v) is 12.5. The van der Waals surface area contributed by atoms with Crippen LogP contribution in [-0.4, -0.2) is 48.1 Å². The summed E-state index contributed by atoms with van der Waals surface area (Å²) in [4.78, 5) is 28.4. The van der Waals surface area contributed by atoms with E-state index in [-0.39, 0.29) is 24.4 Å². The molecule has 1 aliphatic rings. The SMILES string of the molecule is CCOc1ccc(CCNC(=O)CN2C(=O)c3c(c4ccccc4n3C)[C@@H]2c2ccc(OC)cc2)cc1. The van der Waals surface area contributed by atoms with Gasteiger partial charge in [-0.25, -0.2) is 0 Å². The molecule has 5 rings (SSSR count). The lowest BCUT2D eigenvalue weighted by Gasteiger charge is -2.26. The van der Waals surface area contributed by atoms with Gasteiger partial charge in [0.1, 0.15) is 23.7 Å². The van der Waals surface area contributed by atoms with E-state index in [4.69, 9.17) is 9.47 Å². The van der Waals surface area contributed by atoms with Crippen molar-refractivity contribution in [1.82, 2.24) is 14.8 Å². The fraction of sp³-hybridized carbons (Fsp3) is 0.267. The Bertz CT molecular complexity index is 1420. The highest BCUT2D eigenvalue weighted by molar-refractivity contribution is 6.07. The summed E-state index contributed by atoms with van der Waals surface area (Å²) < 4.78 is 12.8. The topological polar surface area (TPSA) is 72.8 Å². The van der Waals surface area contributed by atoms with E-state index in [0.717, 1.165) is 39.1 Å². The van der Waals surface area contributed by atoms with Crippen molar-refractivity contribution in [3.05, 3.63) is 95.2 Å². The maximum Gasteiger partial charge on any atom is 0.272 e. The van der Waals surface area contributed by atoms with Gasteiger partial charge in [-0.05, 0) is 54.8 Å². The number of benzene rings is 3. The molecule has 37 heavy (non-hydrogen) atoms. The maximum atomic E-state index is 13.7. The molecule has 1 aromatic heterocycles. The van der Waals surface area contributed by atoms with Crippen molar-refractivity contribution in [2.24, 2.45) is 7.05 Å².